The molecule has 7 nitrogen and oxygen atoms in total. The molecule has 1 amide bonds. The van der Waals surface area contributed by atoms with Gasteiger partial charge < -0.3 is 25.6 Å². The Bertz CT molecular complexity index is 1250. The number of fused-ring (bicyclic) bond motifs is 2. The number of aliphatic hydroxyl groups excluding tert-OH is 1. The Morgan fingerprint density at radius 3 is 2.50 bits per heavy atom. The van der Waals surface area contributed by atoms with Crippen LogP contribution in [0.4, 0.5) is 5.69 Å². The number of hydrogen-bond acceptors (Lipinski definition) is 6. The van der Waals surface area contributed by atoms with Crippen LogP contribution in [0.2, 0.25) is 5.02 Å². The van der Waals surface area contributed by atoms with Gasteiger partial charge in [0.1, 0.15) is 11.8 Å². The molecule has 4 aliphatic carbocycles. The second-order valence-corrected chi connectivity index (χ2v) is 12.9. The number of carbonyl (C=O) groups is 1. The highest BCUT2D eigenvalue weighted by Crippen LogP contribution is 2.63. The van der Waals surface area contributed by atoms with Gasteiger partial charge in [0.25, 0.3) is 5.91 Å². The highest BCUT2D eigenvalue weighted by atomic mass is 35.5. The van der Waals surface area contributed by atoms with E-state index in [0.29, 0.717) is 47.2 Å². The molecule has 2 aromatic rings. The van der Waals surface area contributed by atoms with Crippen molar-refractivity contribution in [1.82, 2.24) is 5.32 Å². The van der Waals surface area contributed by atoms with E-state index in [9.17, 15) is 15.0 Å². The van der Waals surface area contributed by atoms with Gasteiger partial charge in [0, 0.05) is 29.9 Å². The number of ether oxygens (including phenoxy) is 1. The average Bonchev–Trinajstić information content (AvgIpc) is 2.94. The minimum atomic E-state index is -0.996. The largest absolute Gasteiger partial charge is 0.490 e. The first-order chi connectivity index (χ1) is 19.1. The Kier molecular flexibility index (Phi) is 8.33. The summed E-state index contributed by atoms with van der Waals surface area (Å²) in [6, 6.07) is 14.7. The molecule has 2 aromatic carbocycles. The van der Waals surface area contributed by atoms with Crippen LogP contribution in [-0.4, -0.2) is 46.5 Å². The first kappa shape index (κ1) is 28.7. The Morgan fingerprint density at radius 2 is 1.85 bits per heavy atom. The molecule has 8 heteroatoms. The molecular weight excluding hydrogens is 526 g/mol. The highest BCUT2D eigenvalue weighted by Gasteiger charge is 2.64. The number of hydrogen-bond donors (Lipinski definition) is 4. The second-order valence-electron chi connectivity index (χ2n) is 12.5. The van der Waals surface area contributed by atoms with E-state index in [1.807, 2.05) is 30.3 Å². The molecule has 4 N–H and O–H groups in total. The molecule has 2 bridgehead atoms. The summed E-state index contributed by atoms with van der Waals surface area (Å²) in [5, 5.41) is 37.8. The average molecular weight is 566 g/mol. The van der Waals surface area contributed by atoms with E-state index in [1.54, 1.807) is 18.2 Å². The van der Waals surface area contributed by atoms with E-state index in [2.05, 4.69) is 24.5 Å². The van der Waals surface area contributed by atoms with Gasteiger partial charge in [-0.05, 0) is 105 Å². The maximum atomic E-state index is 12.8. The molecule has 4 saturated carbocycles. The number of amides is 1. The van der Waals surface area contributed by atoms with E-state index in [0.717, 1.165) is 44.2 Å². The third-order valence-corrected chi connectivity index (χ3v) is 10.1. The molecule has 40 heavy (non-hydrogen) atoms. The van der Waals surface area contributed by atoms with Crippen LogP contribution in [0.25, 0.3) is 0 Å². The molecule has 0 saturated heterocycles. The number of benzene rings is 2. The molecule has 4 aliphatic rings. The number of nitriles is 1. The molecule has 214 valence electrons. The van der Waals surface area contributed by atoms with Gasteiger partial charge in [-0.3, -0.25) is 4.79 Å². The normalized spacial score (nSPS) is 30.4. The lowest BCUT2D eigenvalue weighted by Gasteiger charge is -2.65. The molecule has 0 unspecified atom stereocenters. The summed E-state index contributed by atoms with van der Waals surface area (Å²) in [6.45, 7) is 5.12. The fraction of sp³-hybridized carbons (Fsp3) is 0.562. The Labute approximate surface area is 241 Å². The first-order valence-corrected chi connectivity index (χ1v) is 14.9. The van der Waals surface area contributed by atoms with Crippen LogP contribution >= 0.6 is 11.6 Å². The number of carbonyl (C=O) groups excluding carboxylic acids is 1. The van der Waals surface area contributed by atoms with Crippen LogP contribution in [0.5, 0.6) is 5.75 Å². The van der Waals surface area contributed by atoms with Crippen molar-refractivity contribution in [3.05, 3.63) is 58.6 Å². The maximum absolute atomic E-state index is 12.8. The zero-order valence-electron chi connectivity index (χ0n) is 23.3. The molecule has 6 rings (SSSR count). The SMILES string of the molecule is CC1(C)[C@@H]2C[C@H]1[C@](O)(CCCNc1ccc(C(=O)NC3CCC(Oc4ccc(C#N)c(Cl)c4)CC3)cc1)[C@@H](O)C2. The van der Waals surface area contributed by atoms with Crippen molar-refractivity contribution in [1.29, 1.82) is 5.26 Å². The van der Waals surface area contributed by atoms with Crippen molar-refractivity contribution in [2.45, 2.75) is 89.1 Å². The summed E-state index contributed by atoms with van der Waals surface area (Å²) in [5.74, 6) is 1.26. The summed E-state index contributed by atoms with van der Waals surface area (Å²) in [7, 11) is 0. The van der Waals surface area contributed by atoms with Gasteiger partial charge in [0.2, 0.25) is 0 Å². The Morgan fingerprint density at radius 1 is 1.12 bits per heavy atom. The molecule has 0 radical (unpaired) electrons. The first-order valence-electron chi connectivity index (χ1n) is 14.5. The number of nitrogens with zero attached hydrogens (tertiary/aromatic N) is 1. The lowest BCUT2D eigenvalue weighted by Crippen LogP contribution is -2.67. The van der Waals surface area contributed by atoms with Gasteiger partial charge >= 0.3 is 0 Å². The van der Waals surface area contributed by atoms with E-state index in [1.165, 1.54) is 0 Å². The third kappa shape index (κ3) is 5.81. The number of nitrogens with one attached hydrogen (secondary N) is 2. The summed E-state index contributed by atoms with van der Waals surface area (Å²) < 4.78 is 6.05. The third-order valence-electron chi connectivity index (χ3n) is 9.76. The van der Waals surface area contributed by atoms with Crippen LogP contribution < -0.4 is 15.4 Å². The molecule has 0 aromatic heterocycles. The second kappa shape index (κ2) is 11.6. The fourth-order valence-electron chi connectivity index (χ4n) is 7.10. The van der Waals surface area contributed by atoms with E-state index in [4.69, 9.17) is 21.6 Å². The Hall–Kier alpha value is -2.79. The van der Waals surface area contributed by atoms with Crippen LogP contribution in [0.1, 0.15) is 81.1 Å². The van der Waals surface area contributed by atoms with Crippen molar-refractivity contribution in [3.8, 4) is 11.8 Å². The Balaban J connectivity index is 1.03. The zero-order chi connectivity index (χ0) is 28.5. The zero-order valence-corrected chi connectivity index (χ0v) is 24.1. The number of aliphatic hydroxyl groups is 2. The lowest BCUT2D eigenvalue weighted by molar-refractivity contribution is -0.256. The van der Waals surface area contributed by atoms with Gasteiger partial charge in [0.15, 0.2) is 0 Å². The van der Waals surface area contributed by atoms with Gasteiger partial charge in [0.05, 0.1) is 28.4 Å². The summed E-state index contributed by atoms with van der Waals surface area (Å²) in [5.41, 5.74) is 1.09. The molecular formula is C32H40ClN3O4. The van der Waals surface area contributed by atoms with E-state index >= 15 is 0 Å². The summed E-state index contributed by atoms with van der Waals surface area (Å²) in [6.07, 6.45) is 5.80. The quantitative estimate of drug-likeness (QED) is 0.291. The predicted octanol–water partition coefficient (Wildman–Crippen LogP) is 5.68. The highest BCUT2D eigenvalue weighted by molar-refractivity contribution is 6.31. The van der Waals surface area contributed by atoms with Crippen molar-refractivity contribution in [2.75, 3.05) is 11.9 Å². The maximum Gasteiger partial charge on any atom is 0.251 e. The van der Waals surface area contributed by atoms with Gasteiger partial charge in [-0.2, -0.15) is 5.26 Å². The minimum Gasteiger partial charge on any atom is -0.490 e. The molecule has 0 aliphatic heterocycles. The fourth-order valence-corrected chi connectivity index (χ4v) is 7.31. The minimum absolute atomic E-state index is 0.0572. The molecule has 4 atom stereocenters. The number of anilines is 1. The summed E-state index contributed by atoms with van der Waals surface area (Å²) >= 11 is 6.11. The van der Waals surface area contributed by atoms with Crippen LogP contribution in [0.3, 0.4) is 0 Å². The number of halogens is 1. The van der Waals surface area contributed by atoms with Crippen LogP contribution in [0.15, 0.2) is 42.5 Å². The van der Waals surface area contributed by atoms with Crippen molar-refractivity contribution < 1.29 is 19.7 Å². The monoisotopic (exact) mass is 565 g/mol. The molecule has 0 spiro atoms. The molecule has 0 heterocycles. The van der Waals surface area contributed by atoms with Crippen LogP contribution in [-0.2, 0) is 0 Å². The summed E-state index contributed by atoms with van der Waals surface area (Å²) in [4.78, 5) is 12.8. The predicted molar refractivity (Wildman–Crippen MR) is 155 cm³/mol. The lowest BCUT2D eigenvalue weighted by atomic mass is 9.43. The van der Waals surface area contributed by atoms with Gasteiger partial charge in [-0.15, -0.1) is 0 Å². The van der Waals surface area contributed by atoms with Crippen molar-refractivity contribution >= 4 is 23.2 Å². The van der Waals surface area contributed by atoms with Crippen molar-refractivity contribution in [2.24, 2.45) is 17.3 Å². The van der Waals surface area contributed by atoms with E-state index in [-0.39, 0.29) is 29.4 Å². The van der Waals surface area contributed by atoms with Gasteiger partial charge in [-0.1, -0.05) is 25.4 Å². The topological polar surface area (TPSA) is 115 Å². The smallest absolute Gasteiger partial charge is 0.251 e. The van der Waals surface area contributed by atoms with Crippen molar-refractivity contribution in [3.63, 3.8) is 0 Å². The standard InChI is InChI=1S/C32H40ClN3O4/c1-31(2)22-16-28(31)32(39,29(37)17-22)14-3-15-35-23-7-4-20(5-8-23)30(38)36-24-9-12-25(13-10-24)40-26-11-6-21(19-34)27(33)18-26/h4-8,11,18,22,24-25,28-29,35,37,39H,3,9-10,12-17H2,1-2H3,(H,36,38)/t22-,24?,25?,28-,29+,32-/m1/s1. The van der Waals surface area contributed by atoms with E-state index < -0.39 is 11.7 Å². The van der Waals surface area contributed by atoms with Crippen LogP contribution in [0, 0.1) is 28.6 Å². The van der Waals surface area contributed by atoms with Gasteiger partial charge in [-0.25, -0.2) is 0 Å². The molecule has 4 fully saturated rings. The number of rotatable bonds is 9.